The minimum atomic E-state index is 0.0864. The SMILES string of the molecule is Cc1ccc(OCCCCn2c(C3CC(=O)N(c4ccccc4C)C3)nc3ccccc32)cc1. The maximum absolute atomic E-state index is 13.0. The number of ether oxygens (including phenoxy) is 1. The van der Waals surface area contributed by atoms with Crippen LogP contribution in [-0.4, -0.2) is 28.6 Å². The summed E-state index contributed by atoms with van der Waals surface area (Å²) >= 11 is 0. The van der Waals surface area contributed by atoms with Crippen LogP contribution in [0.1, 0.15) is 42.1 Å². The van der Waals surface area contributed by atoms with Crippen molar-refractivity contribution >= 4 is 22.6 Å². The van der Waals surface area contributed by atoms with Crippen molar-refractivity contribution in [3.8, 4) is 5.75 Å². The summed E-state index contributed by atoms with van der Waals surface area (Å²) in [6.45, 7) is 6.36. The number of unbranched alkanes of at least 4 members (excludes halogenated alkanes) is 1. The number of carbonyl (C=O) groups is 1. The normalized spacial score (nSPS) is 15.9. The van der Waals surface area contributed by atoms with Gasteiger partial charge in [0.05, 0.1) is 17.6 Å². The van der Waals surface area contributed by atoms with Crippen LogP contribution in [0.2, 0.25) is 0 Å². The Morgan fingerprint density at radius 1 is 0.941 bits per heavy atom. The van der Waals surface area contributed by atoms with Crippen LogP contribution in [0.3, 0.4) is 0 Å². The zero-order valence-corrected chi connectivity index (χ0v) is 19.9. The Morgan fingerprint density at radius 3 is 2.53 bits per heavy atom. The number of aromatic nitrogens is 2. The monoisotopic (exact) mass is 453 g/mol. The number of anilines is 1. The number of hydrogen-bond donors (Lipinski definition) is 0. The second-order valence-corrected chi connectivity index (χ2v) is 9.17. The Bertz CT molecular complexity index is 1290. The van der Waals surface area contributed by atoms with Gasteiger partial charge in [0.25, 0.3) is 0 Å². The summed E-state index contributed by atoms with van der Waals surface area (Å²) in [6, 6.07) is 24.6. The Morgan fingerprint density at radius 2 is 1.71 bits per heavy atom. The minimum Gasteiger partial charge on any atom is -0.494 e. The van der Waals surface area contributed by atoms with Crippen LogP contribution in [0, 0.1) is 13.8 Å². The van der Waals surface area contributed by atoms with Crippen LogP contribution >= 0.6 is 0 Å². The van der Waals surface area contributed by atoms with Crippen molar-refractivity contribution in [1.29, 1.82) is 0 Å². The molecular formula is C29H31N3O2. The molecule has 1 aliphatic heterocycles. The highest BCUT2D eigenvalue weighted by Crippen LogP contribution is 2.34. The first-order valence-electron chi connectivity index (χ1n) is 12.1. The van der Waals surface area contributed by atoms with Crippen LogP contribution in [0.15, 0.2) is 72.8 Å². The van der Waals surface area contributed by atoms with Crippen molar-refractivity contribution in [3.05, 3.63) is 89.7 Å². The van der Waals surface area contributed by atoms with Gasteiger partial charge in [0.1, 0.15) is 11.6 Å². The summed E-state index contributed by atoms with van der Waals surface area (Å²) in [6.07, 6.45) is 2.44. The van der Waals surface area contributed by atoms with E-state index in [0.717, 1.165) is 53.2 Å². The van der Waals surface area contributed by atoms with Crippen molar-refractivity contribution in [3.63, 3.8) is 0 Å². The van der Waals surface area contributed by atoms with Gasteiger partial charge >= 0.3 is 0 Å². The molecule has 174 valence electrons. The second kappa shape index (κ2) is 9.72. The topological polar surface area (TPSA) is 47.4 Å². The lowest BCUT2D eigenvalue weighted by Gasteiger charge is -2.19. The summed E-state index contributed by atoms with van der Waals surface area (Å²) in [5, 5.41) is 0. The lowest BCUT2D eigenvalue weighted by atomic mass is 10.1. The van der Waals surface area contributed by atoms with Crippen molar-refractivity contribution in [2.45, 2.75) is 45.6 Å². The number of para-hydroxylation sites is 3. The second-order valence-electron chi connectivity index (χ2n) is 9.17. The number of carbonyl (C=O) groups excluding carboxylic acids is 1. The van der Waals surface area contributed by atoms with Gasteiger partial charge in [0.15, 0.2) is 0 Å². The highest BCUT2D eigenvalue weighted by atomic mass is 16.5. The molecular weight excluding hydrogens is 422 g/mol. The first kappa shape index (κ1) is 22.2. The van der Waals surface area contributed by atoms with Crippen molar-refractivity contribution in [2.75, 3.05) is 18.1 Å². The zero-order valence-electron chi connectivity index (χ0n) is 19.9. The molecule has 0 saturated carbocycles. The molecule has 0 spiro atoms. The molecule has 1 atom stereocenters. The largest absolute Gasteiger partial charge is 0.494 e. The first-order valence-corrected chi connectivity index (χ1v) is 12.1. The molecule has 0 aliphatic carbocycles. The molecule has 4 aromatic rings. The third-order valence-corrected chi connectivity index (χ3v) is 6.65. The summed E-state index contributed by atoms with van der Waals surface area (Å²) in [5.41, 5.74) is 5.50. The Hall–Kier alpha value is -3.60. The smallest absolute Gasteiger partial charge is 0.227 e. The van der Waals surface area contributed by atoms with Crippen molar-refractivity contribution in [2.24, 2.45) is 0 Å². The molecule has 5 nitrogen and oxygen atoms in total. The lowest BCUT2D eigenvalue weighted by molar-refractivity contribution is -0.117. The van der Waals surface area contributed by atoms with Crippen molar-refractivity contribution < 1.29 is 9.53 Å². The quantitative estimate of drug-likeness (QED) is 0.306. The van der Waals surface area contributed by atoms with E-state index >= 15 is 0 Å². The summed E-state index contributed by atoms with van der Waals surface area (Å²) < 4.78 is 8.23. The van der Waals surface area contributed by atoms with E-state index in [0.29, 0.717) is 19.6 Å². The number of hydrogen-bond acceptors (Lipinski definition) is 3. The molecule has 1 amide bonds. The van der Waals surface area contributed by atoms with Gasteiger partial charge in [-0.15, -0.1) is 0 Å². The fourth-order valence-corrected chi connectivity index (χ4v) is 4.82. The molecule has 0 N–H and O–H groups in total. The number of nitrogens with zero attached hydrogens (tertiary/aromatic N) is 3. The molecule has 1 unspecified atom stereocenters. The van der Waals surface area contributed by atoms with Crippen LogP contribution in [0.25, 0.3) is 11.0 Å². The van der Waals surface area contributed by atoms with Gasteiger partial charge < -0.3 is 14.2 Å². The van der Waals surface area contributed by atoms with Gasteiger partial charge in [-0.1, -0.05) is 48.0 Å². The van der Waals surface area contributed by atoms with E-state index in [2.05, 4.69) is 54.8 Å². The number of amides is 1. The van der Waals surface area contributed by atoms with Crippen LogP contribution in [0.5, 0.6) is 5.75 Å². The third kappa shape index (κ3) is 4.56. The van der Waals surface area contributed by atoms with Gasteiger partial charge in [0, 0.05) is 31.1 Å². The number of benzene rings is 3. The third-order valence-electron chi connectivity index (χ3n) is 6.65. The van der Waals surface area contributed by atoms with E-state index in [1.807, 2.05) is 41.3 Å². The average molecular weight is 454 g/mol. The van der Waals surface area contributed by atoms with Gasteiger partial charge in [-0.25, -0.2) is 4.98 Å². The number of aryl methyl sites for hydroxylation is 3. The van der Waals surface area contributed by atoms with E-state index in [9.17, 15) is 4.79 Å². The van der Waals surface area contributed by atoms with Crippen LogP contribution in [-0.2, 0) is 11.3 Å². The highest BCUT2D eigenvalue weighted by molar-refractivity contribution is 5.97. The van der Waals surface area contributed by atoms with Gasteiger partial charge in [-0.3, -0.25) is 4.79 Å². The summed E-state index contributed by atoms with van der Waals surface area (Å²) in [7, 11) is 0. The molecule has 3 aromatic carbocycles. The maximum atomic E-state index is 13.0. The first-order chi connectivity index (χ1) is 16.6. The molecule has 1 aliphatic rings. The van der Waals surface area contributed by atoms with Gasteiger partial charge in [-0.2, -0.15) is 0 Å². The van der Waals surface area contributed by atoms with E-state index in [4.69, 9.17) is 9.72 Å². The molecule has 1 fully saturated rings. The lowest BCUT2D eigenvalue weighted by Crippen LogP contribution is -2.25. The molecule has 1 aromatic heterocycles. The number of imidazole rings is 1. The molecule has 0 bridgehead atoms. The fraction of sp³-hybridized carbons (Fsp3) is 0.310. The molecule has 34 heavy (non-hydrogen) atoms. The molecule has 1 saturated heterocycles. The fourth-order valence-electron chi connectivity index (χ4n) is 4.82. The van der Waals surface area contributed by atoms with Crippen LogP contribution < -0.4 is 9.64 Å². The van der Waals surface area contributed by atoms with E-state index in [-0.39, 0.29) is 11.8 Å². The minimum absolute atomic E-state index is 0.0864. The average Bonchev–Trinajstić information content (AvgIpc) is 3.41. The zero-order chi connectivity index (χ0) is 23.5. The predicted molar refractivity (Wildman–Crippen MR) is 137 cm³/mol. The molecule has 5 heteroatoms. The van der Waals surface area contributed by atoms with Gasteiger partial charge in [-0.05, 0) is 62.6 Å². The Labute approximate surface area is 201 Å². The highest BCUT2D eigenvalue weighted by Gasteiger charge is 2.35. The Kier molecular flexibility index (Phi) is 6.35. The van der Waals surface area contributed by atoms with Gasteiger partial charge in [0.2, 0.25) is 5.91 Å². The van der Waals surface area contributed by atoms with E-state index in [1.54, 1.807) is 0 Å². The van der Waals surface area contributed by atoms with Crippen molar-refractivity contribution in [1.82, 2.24) is 9.55 Å². The molecule has 2 heterocycles. The van der Waals surface area contributed by atoms with Crippen LogP contribution in [0.4, 0.5) is 5.69 Å². The maximum Gasteiger partial charge on any atom is 0.227 e. The number of fused-ring (bicyclic) bond motifs is 1. The predicted octanol–water partition coefficient (Wildman–Crippen LogP) is 6.03. The summed E-state index contributed by atoms with van der Waals surface area (Å²) in [5.74, 6) is 2.19. The van der Waals surface area contributed by atoms with E-state index < -0.39 is 0 Å². The standard InChI is InChI=1S/C29H31N3O2/c1-21-13-15-24(16-14-21)34-18-8-7-17-31-27-12-6-4-10-25(27)30-29(31)23-19-28(33)32(20-23)26-11-5-3-9-22(26)2/h3-6,9-16,23H,7-8,17-20H2,1-2H3. The summed E-state index contributed by atoms with van der Waals surface area (Å²) in [4.78, 5) is 19.9. The molecule has 5 rings (SSSR count). The Balaban J connectivity index is 1.30. The van der Waals surface area contributed by atoms with E-state index in [1.165, 1.54) is 5.56 Å². The molecule has 0 radical (unpaired) electrons. The number of rotatable bonds is 8.